The van der Waals surface area contributed by atoms with Crippen LogP contribution in [-0.2, 0) is 19.5 Å². The molecule has 0 saturated carbocycles. The zero-order valence-electron chi connectivity index (χ0n) is 19.0. The molecule has 0 atom stereocenters. The minimum atomic E-state index is 0.0479. The Morgan fingerprint density at radius 2 is 1.79 bits per heavy atom. The SMILES string of the molecule is CCCCc1cn(Cc2cccs2)c(=O)n1Cc1ccc(-c2ccccc2-c2nnn[nH]2)cc1. The van der Waals surface area contributed by atoms with Gasteiger partial charge < -0.3 is 0 Å². The number of nitrogens with one attached hydrogen (secondary N) is 1. The molecule has 0 amide bonds. The number of tetrazole rings is 1. The van der Waals surface area contributed by atoms with E-state index in [2.05, 4.69) is 63.9 Å². The highest BCUT2D eigenvalue weighted by Gasteiger charge is 2.14. The molecule has 1 N–H and O–H groups in total. The Hall–Kier alpha value is -3.78. The molecule has 0 bridgehead atoms. The van der Waals surface area contributed by atoms with Crippen molar-refractivity contribution in [1.82, 2.24) is 29.8 Å². The number of hydrogen-bond donors (Lipinski definition) is 1. The van der Waals surface area contributed by atoms with Crippen LogP contribution in [0.4, 0.5) is 0 Å². The highest BCUT2D eigenvalue weighted by Crippen LogP contribution is 2.29. The Bertz CT molecular complexity index is 1400. The lowest BCUT2D eigenvalue weighted by molar-refractivity contribution is 0.657. The van der Waals surface area contributed by atoms with E-state index >= 15 is 0 Å². The summed E-state index contributed by atoms with van der Waals surface area (Å²) in [5.41, 5.74) is 5.31. The van der Waals surface area contributed by atoms with Gasteiger partial charge in [-0.15, -0.1) is 16.4 Å². The van der Waals surface area contributed by atoms with E-state index in [4.69, 9.17) is 0 Å². The molecule has 5 aromatic rings. The average Bonchev–Trinajstić information content (AvgIpc) is 3.63. The molecule has 0 unspecified atom stereocenters. The van der Waals surface area contributed by atoms with Crippen molar-refractivity contribution in [3.63, 3.8) is 0 Å². The fraction of sp³-hybridized carbons (Fsp3) is 0.231. The van der Waals surface area contributed by atoms with Crippen molar-refractivity contribution in [3.8, 4) is 22.5 Å². The molecule has 7 nitrogen and oxygen atoms in total. The van der Waals surface area contributed by atoms with E-state index in [0.29, 0.717) is 18.9 Å². The largest absolute Gasteiger partial charge is 0.328 e. The van der Waals surface area contributed by atoms with Crippen molar-refractivity contribution in [2.75, 3.05) is 0 Å². The van der Waals surface area contributed by atoms with E-state index in [0.717, 1.165) is 47.2 Å². The second-order valence-corrected chi connectivity index (χ2v) is 9.32. The lowest BCUT2D eigenvalue weighted by Gasteiger charge is -2.10. The fourth-order valence-corrected chi connectivity index (χ4v) is 4.88. The number of aryl methyl sites for hydroxylation is 1. The maximum absolute atomic E-state index is 13.3. The molecular weight excluding hydrogens is 444 g/mol. The van der Waals surface area contributed by atoms with Crippen molar-refractivity contribution >= 4 is 11.3 Å². The summed E-state index contributed by atoms with van der Waals surface area (Å²) in [6.07, 6.45) is 5.10. The van der Waals surface area contributed by atoms with Crippen LogP contribution in [0, 0.1) is 0 Å². The zero-order chi connectivity index (χ0) is 23.3. The molecule has 5 rings (SSSR count). The molecule has 0 fully saturated rings. The number of aromatic nitrogens is 6. The fourth-order valence-electron chi connectivity index (χ4n) is 4.18. The number of hydrogen-bond acceptors (Lipinski definition) is 5. The monoisotopic (exact) mass is 470 g/mol. The summed E-state index contributed by atoms with van der Waals surface area (Å²) in [7, 11) is 0. The number of aromatic amines is 1. The third-order valence-electron chi connectivity index (χ3n) is 5.95. The lowest BCUT2D eigenvalue weighted by atomic mass is 9.98. The van der Waals surface area contributed by atoms with Gasteiger partial charge in [-0.2, -0.15) is 0 Å². The maximum Gasteiger partial charge on any atom is 0.328 e. The van der Waals surface area contributed by atoms with Gasteiger partial charge >= 0.3 is 5.69 Å². The molecule has 0 aliphatic heterocycles. The van der Waals surface area contributed by atoms with Crippen LogP contribution in [0.5, 0.6) is 0 Å². The van der Waals surface area contributed by atoms with Gasteiger partial charge in [0, 0.05) is 22.3 Å². The van der Waals surface area contributed by atoms with Gasteiger partial charge in [0.1, 0.15) is 0 Å². The van der Waals surface area contributed by atoms with Crippen molar-refractivity contribution in [3.05, 3.63) is 98.9 Å². The zero-order valence-corrected chi connectivity index (χ0v) is 19.8. The van der Waals surface area contributed by atoms with E-state index in [1.54, 1.807) is 11.3 Å². The number of thiophene rings is 1. The number of imidazole rings is 1. The number of rotatable bonds is 9. The van der Waals surface area contributed by atoms with E-state index < -0.39 is 0 Å². The summed E-state index contributed by atoms with van der Waals surface area (Å²) in [5, 5.41) is 16.4. The predicted molar refractivity (Wildman–Crippen MR) is 135 cm³/mol. The summed E-state index contributed by atoms with van der Waals surface area (Å²) >= 11 is 1.68. The summed E-state index contributed by atoms with van der Waals surface area (Å²) < 4.78 is 3.76. The summed E-state index contributed by atoms with van der Waals surface area (Å²) in [5.74, 6) is 0.638. The van der Waals surface area contributed by atoms with Gasteiger partial charge in [-0.05, 0) is 51.4 Å². The highest BCUT2D eigenvalue weighted by molar-refractivity contribution is 7.09. The average molecular weight is 471 g/mol. The van der Waals surface area contributed by atoms with Gasteiger partial charge in [0.2, 0.25) is 0 Å². The Kier molecular flexibility index (Phi) is 6.49. The van der Waals surface area contributed by atoms with E-state index in [-0.39, 0.29) is 5.69 Å². The molecule has 3 heterocycles. The number of benzene rings is 2. The Labute approximate surface area is 201 Å². The molecule has 3 aromatic heterocycles. The van der Waals surface area contributed by atoms with E-state index in [9.17, 15) is 4.79 Å². The van der Waals surface area contributed by atoms with Crippen LogP contribution in [0.2, 0.25) is 0 Å². The first-order chi connectivity index (χ1) is 16.7. The van der Waals surface area contributed by atoms with Crippen LogP contribution >= 0.6 is 11.3 Å². The van der Waals surface area contributed by atoms with Gasteiger partial charge in [-0.25, -0.2) is 9.89 Å². The standard InChI is InChI=1S/C26H26N6OS/c1-2-3-7-21-17-31(18-22-8-6-15-34-22)26(33)32(21)16-19-11-13-20(14-12-19)23-9-4-5-10-24(23)25-27-29-30-28-25/h4-6,8-15,17H,2-3,7,16,18H2,1H3,(H,27,28,29,30). The van der Waals surface area contributed by atoms with E-state index in [1.807, 2.05) is 45.0 Å². The quantitative estimate of drug-likeness (QED) is 0.329. The number of unbranched alkanes of at least 4 members (excludes halogenated alkanes) is 1. The van der Waals surface area contributed by atoms with Crippen molar-refractivity contribution in [2.24, 2.45) is 0 Å². The first-order valence-electron chi connectivity index (χ1n) is 11.5. The molecule has 0 radical (unpaired) electrons. The molecule has 0 saturated heterocycles. The molecule has 2 aromatic carbocycles. The Morgan fingerprint density at radius 3 is 2.50 bits per heavy atom. The molecule has 0 aliphatic rings. The Balaban J connectivity index is 1.42. The summed E-state index contributed by atoms with van der Waals surface area (Å²) in [6, 6.07) is 20.5. The van der Waals surface area contributed by atoms with Crippen LogP contribution < -0.4 is 5.69 Å². The minimum absolute atomic E-state index is 0.0479. The number of nitrogens with zero attached hydrogens (tertiary/aromatic N) is 5. The third kappa shape index (κ3) is 4.63. The molecule has 0 spiro atoms. The topological polar surface area (TPSA) is 81.4 Å². The molecule has 8 heteroatoms. The van der Waals surface area contributed by atoms with Crippen molar-refractivity contribution < 1.29 is 0 Å². The van der Waals surface area contributed by atoms with Gasteiger partial charge in [0.05, 0.1) is 13.1 Å². The molecular formula is C26H26N6OS. The van der Waals surface area contributed by atoms with Crippen LogP contribution in [0.25, 0.3) is 22.5 Å². The first kappa shape index (κ1) is 22.0. The lowest BCUT2D eigenvalue weighted by Crippen LogP contribution is -2.25. The van der Waals surface area contributed by atoms with Gasteiger partial charge in [0.25, 0.3) is 0 Å². The maximum atomic E-state index is 13.3. The molecule has 34 heavy (non-hydrogen) atoms. The van der Waals surface area contributed by atoms with Crippen LogP contribution in [0.1, 0.15) is 35.9 Å². The van der Waals surface area contributed by atoms with Crippen molar-refractivity contribution in [1.29, 1.82) is 0 Å². The molecule has 0 aliphatic carbocycles. The van der Waals surface area contributed by atoms with E-state index in [1.165, 1.54) is 4.88 Å². The third-order valence-corrected chi connectivity index (χ3v) is 6.82. The smallest absolute Gasteiger partial charge is 0.294 e. The summed E-state index contributed by atoms with van der Waals surface area (Å²) in [4.78, 5) is 14.4. The normalized spacial score (nSPS) is 11.2. The van der Waals surface area contributed by atoms with Crippen LogP contribution in [-0.4, -0.2) is 29.8 Å². The second-order valence-electron chi connectivity index (χ2n) is 8.29. The Morgan fingerprint density at radius 1 is 0.971 bits per heavy atom. The number of H-pyrrole nitrogens is 1. The summed E-state index contributed by atoms with van der Waals surface area (Å²) in [6.45, 7) is 3.36. The van der Waals surface area contributed by atoms with Crippen LogP contribution in [0.15, 0.2) is 77.0 Å². The van der Waals surface area contributed by atoms with Gasteiger partial charge in [-0.1, -0.05) is 67.9 Å². The van der Waals surface area contributed by atoms with Gasteiger partial charge in [-0.3, -0.25) is 9.13 Å². The second kappa shape index (κ2) is 10.0. The highest BCUT2D eigenvalue weighted by atomic mass is 32.1. The first-order valence-corrected chi connectivity index (χ1v) is 12.3. The van der Waals surface area contributed by atoms with Crippen LogP contribution in [0.3, 0.4) is 0 Å². The van der Waals surface area contributed by atoms with Gasteiger partial charge in [0.15, 0.2) is 5.82 Å². The minimum Gasteiger partial charge on any atom is -0.294 e. The predicted octanol–water partition coefficient (Wildman–Crippen LogP) is 5.00. The molecule has 172 valence electrons. The van der Waals surface area contributed by atoms with Crippen molar-refractivity contribution in [2.45, 2.75) is 39.3 Å².